The zero-order chi connectivity index (χ0) is 15.4. The van der Waals surface area contributed by atoms with Crippen LogP contribution in [0.15, 0.2) is 12.1 Å². The first-order valence-electron chi connectivity index (χ1n) is 8.17. The van der Waals surface area contributed by atoms with Crippen LogP contribution in [0, 0.1) is 6.92 Å². The van der Waals surface area contributed by atoms with Gasteiger partial charge in [-0.15, -0.1) is 5.10 Å². The van der Waals surface area contributed by atoms with Gasteiger partial charge in [0, 0.05) is 32.8 Å². The van der Waals surface area contributed by atoms with Gasteiger partial charge in [0.05, 0.1) is 18.2 Å². The molecule has 0 unspecified atom stereocenters. The molecule has 3 heterocycles. The molecule has 1 amide bonds. The minimum Gasteiger partial charge on any atom is -0.378 e. The number of hydrogen-bond acceptors (Lipinski definition) is 5. The van der Waals surface area contributed by atoms with E-state index in [1.165, 1.54) is 0 Å². The fourth-order valence-corrected chi connectivity index (χ4v) is 3.09. The minimum atomic E-state index is 0.134. The molecule has 6 nitrogen and oxygen atoms in total. The van der Waals surface area contributed by atoms with Gasteiger partial charge in [0.1, 0.15) is 0 Å². The summed E-state index contributed by atoms with van der Waals surface area (Å²) in [6.45, 7) is 6.04. The highest BCUT2D eigenvalue weighted by Gasteiger charge is 2.24. The lowest BCUT2D eigenvalue weighted by Crippen LogP contribution is -2.37. The first-order valence-corrected chi connectivity index (χ1v) is 8.17. The second-order valence-corrected chi connectivity index (χ2v) is 6.09. The number of carbonyl (C=O) groups excluding carboxylic acids is 1. The van der Waals surface area contributed by atoms with Crippen LogP contribution in [0.25, 0.3) is 0 Å². The van der Waals surface area contributed by atoms with Crippen molar-refractivity contribution in [2.75, 3.05) is 37.7 Å². The molecular formula is C16H24N4O2. The number of anilines is 1. The van der Waals surface area contributed by atoms with Crippen LogP contribution >= 0.6 is 0 Å². The maximum absolute atomic E-state index is 12.4. The fraction of sp³-hybridized carbons (Fsp3) is 0.688. The Bertz CT molecular complexity index is 499. The van der Waals surface area contributed by atoms with Crippen molar-refractivity contribution in [1.82, 2.24) is 15.1 Å². The van der Waals surface area contributed by atoms with E-state index in [0.717, 1.165) is 63.6 Å². The van der Waals surface area contributed by atoms with Gasteiger partial charge in [-0.05, 0) is 38.3 Å². The Balaban J connectivity index is 1.54. The summed E-state index contributed by atoms with van der Waals surface area (Å²) in [6.07, 6.45) is 3.73. The van der Waals surface area contributed by atoms with Gasteiger partial charge in [-0.1, -0.05) is 0 Å². The van der Waals surface area contributed by atoms with Crippen LogP contribution in [-0.4, -0.2) is 59.9 Å². The molecule has 2 aliphatic rings. The van der Waals surface area contributed by atoms with Crippen molar-refractivity contribution in [2.45, 2.75) is 38.7 Å². The number of aryl methyl sites for hydroxylation is 1. The normalized spacial score (nSPS) is 22.7. The first kappa shape index (κ1) is 15.2. The molecule has 0 spiro atoms. The molecule has 0 aromatic carbocycles. The number of amides is 1. The Hall–Kier alpha value is -1.69. The molecule has 0 saturated carbocycles. The van der Waals surface area contributed by atoms with E-state index in [-0.39, 0.29) is 12.0 Å². The third kappa shape index (κ3) is 3.74. The molecule has 0 radical (unpaired) electrons. The van der Waals surface area contributed by atoms with Gasteiger partial charge in [0.25, 0.3) is 0 Å². The van der Waals surface area contributed by atoms with Crippen molar-refractivity contribution in [2.24, 2.45) is 0 Å². The highest BCUT2D eigenvalue weighted by molar-refractivity contribution is 5.76. The van der Waals surface area contributed by atoms with Crippen LogP contribution in [0.4, 0.5) is 5.82 Å². The predicted molar refractivity (Wildman–Crippen MR) is 83.8 cm³/mol. The van der Waals surface area contributed by atoms with Crippen molar-refractivity contribution in [3.05, 3.63) is 17.8 Å². The zero-order valence-corrected chi connectivity index (χ0v) is 13.2. The summed E-state index contributed by atoms with van der Waals surface area (Å²) in [5.74, 6) is 1.13. The monoisotopic (exact) mass is 304 g/mol. The van der Waals surface area contributed by atoms with E-state index < -0.39 is 0 Å². The highest BCUT2D eigenvalue weighted by atomic mass is 16.5. The maximum Gasteiger partial charge on any atom is 0.225 e. The number of hydrogen-bond donors (Lipinski definition) is 0. The smallest absolute Gasteiger partial charge is 0.225 e. The Morgan fingerprint density at radius 1 is 1.23 bits per heavy atom. The van der Waals surface area contributed by atoms with Gasteiger partial charge >= 0.3 is 0 Å². The second-order valence-electron chi connectivity index (χ2n) is 6.09. The SMILES string of the molecule is Cc1ccc(N2CCCN(C(=O)C[C@@H]3CCCO3)CC2)nn1. The summed E-state index contributed by atoms with van der Waals surface area (Å²) in [5.41, 5.74) is 0.923. The molecule has 6 heteroatoms. The number of aromatic nitrogens is 2. The molecule has 2 aliphatic heterocycles. The van der Waals surface area contributed by atoms with Gasteiger partial charge in [0.15, 0.2) is 5.82 Å². The highest BCUT2D eigenvalue weighted by Crippen LogP contribution is 2.18. The Morgan fingerprint density at radius 3 is 2.86 bits per heavy atom. The lowest BCUT2D eigenvalue weighted by Gasteiger charge is -2.23. The van der Waals surface area contributed by atoms with Crippen molar-refractivity contribution in [1.29, 1.82) is 0 Å². The summed E-state index contributed by atoms with van der Waals surface area (Å²) in [6, 6.07) is 3.99. The lowest BCUT2D eigenvalue weighted by molar-refractivity contribution is -0.133. The van der Waals surface area contributed by atoms with Crippen molar-refractivity contribution >= 4 is 11.7 Å². The third-order valence-electron chi connectivity index (χ3n) is 4.38. The number of nitrogens with zero attached hydrogens (tertiary/aromatic N) is 4. The van der Waals surface area contributed by atoms with Gasteiger partial charge in [-0.25, -0.2) is 0 Å². The quantitative estimate of drug-likeness (QED) is 0.844. The summed E-state index contributed by atoms with van der Waals surface area (Å²) < 4.78 is 5.57. The molecule has 1 aromatic rings. The number of carbonyl (C=O) groups is 1. The summed E-state index contributed by atoms with van der Waals surface area (Å²) in [4.78, 5) is 16.6. The standard InChI is InChI=1S/C16H24N4O2/c1-13-5-6-15(18-17-13)19-7-3-8-20(10-9-19)16(21)12-14-4-2-11-22-14/h5-6,14H,2-4,7-12H2,1H3/t14-/m0/s1. The first-order chi connectivity index (χ1) is 10.7. The van der Waals surface area contributed by atoms with E-state index in [4.69, 9.17) is 4.74 Å². The lowest BCUT2D eigenvalue weighted by atomic mass is 10.1. The van der Waals surface area contributed by atoms with Gasteiger partial charge in [0.2, 0.25) is 5.91 Å². The van der Waals surface area contributed by atoms with Crippen LogP contribution in [-0.2, 0) is 9.53 Å². The number of rotatable bonds is 3. The number of ether oxygens (including phenoxy) is 1. The minimum absolute atomic E-state index is 0.134. The van der Waals surface area contributed by atoms with Crippen LogP contribution in [0.3, 0.4) is 0 Å². The van der Waals surface area contributed by atoms with Gasteiger partial charge in [-0.2, -0.15) is 5.10 Å². The van der Waals surface area contributed by atoms with Crippen molar-refractivity contribution in [3.8, 4) is 0 Å². The average molecular weight is 304 g/mol. The van der Waals surface area contributed by atoms with Crippen LogP contribution in [0.1, 0.15) is 31.4 Å². The zero-order valence-electron chi connectivity index (χ0n) is 13.2. The molecule has 22 heavy (non-hydrogen) atoms. The van der Waals surface area contributed by atoms with E-state index in [2.05, 4.69) is 15.1 Å². The molecule has 2 fully saturated rings. The van der Waals surface area contributed by atoms with E-state index in [9.17, 15) is 4.79 Å². The summed E-state index contributed by atoms with van der Waals surface area (Å²) in [7, 11) is 0. The molecule has 2 saturated heterocycles. The molecule has 120 valence electrons. The second kappa shape index (κ2) is 7.05. The Morgan fingerprint density at radius 2 is 2.14 bits per heavy atom. The van der Waals surface area contributed by atoms with Crippen LogP contribution < -0.4 is 4.90 Å². The molecule has 3 rings (SSSR count). The third-order valence-corrected chi connectivity index (χ3v) is 4.38. The predicted octanol–water partition coefficient (Wildman–Crippen LogP) is 1.39. The average Bonchev–Trinajstić information content (AvgIpc) is 2.90. The molecular weight excluding hydrogens is 280 g/mol. The maximum atomic E-state index is 12.4. The molecule has 0 N–H and O–H groups in total. The molecule has 1 atom stereocenters. The van der Waals surface area contributed by atoms with E-state index in [1.807, 2.05) is 24.0 Å². The van der Waals surface area contributed by atoms with Crippen molar-refractivity contribution in [3.63, 3.8) is 0 Å². The molecule has 1 aromatic heterocycles. The largest absolute Gasteiger partial charge is 0.378 e. The molecule has 0 aliphatic carbocycles. The summed E-state index contributed by atoms with van der Waals surface area (Å²) >= 11 is 0. The van der Waals surface area contributed by atoms with Crippen LogP contribution in [0.5, 0.6) is 0 Å². The Labute approximate surface area is 131 Å². The van der Waals surface area contributed by atoms with Crippen molar-refractivity contribution < 1.29 is 9.53 Å². The van der Waals surface area contributed by atoms with Gasteiger partial charge < -0.3 is 14.5 Å². The molecule has 0 bridgehead atoms. The van der Waals surface area contributed by atoms with Crippen LogP contribution in [0.2, 0.25) is 0 Å². The Kier molecular flexibility index (Phi) is 4.87. The topological polar surface area (TPSA) is 58.6 Å². The fourth-order valence-electron chi connectivity index (χ4n) is 3.09. The van der Waals surface area contributed by atoms with E-state index >= 15 is 0 Å². The van der Waals surface area contributed by atoms with E-state index in [0.29, 0.717) is 6.42 Å². The van der Waals surface area contributed by atoms with Gasteiger partial charge in [-0.3, -0.25) is 4.79 Å². The summed E-state index contributed by atoms with van der Waals surface area (Å²) in [5, 5.41) is 8.37. The van der Waals surface area contributed by atoms with E-state index in [1.54, 1.807) is 0 Å².